The molecular formula is C24H50O12Si. The first-order chi connectivity index (χ1) is 18.0. The number of hydrogen-bond acceptors (Lipinski definition) is 12. The highest BCUT2D eigenvalue weighted by Crippen LogP contribution is 2.01. The predicted molar refractivity (Wildman–Crippen MR) is 139 cm³/mol. The molecule has 0 amide bonds. The number of ether oxygens (including phenoxy) is 10. The van der Waals surface area contributed by atoms with E-state index >= 15 is 0 Å². The Labute approximate surface area is 223 Å². The minimum absolute atomic E-state index is 0.0659. The van der Waals surface area contributed by atoms with Crippen molar-refractivity contribution in [3.8, 4) is 0 Å². The molecule has 0 bridgehead atoms. The fourth-order valence-corrected chi connectivity index (χ4v) is 3.08. The molecule has 0 saturated carbocycles. The highest BCUT2D eigenvalue weighted by atomic mass is 28.4. The number of hydrogen-bond donors (Lipinski definition) is 0. The molecule has 0 aliphatic heterocycles. The fraction of sp³-hybridized carbons (Fsp3) is 0.958. The van der Waals surface area contributed by atoms with Crippen LogP contribution in [0, 0.1) is 0 Å². The quantitative estimate of drug-likeness (QED) is 0.0715. The maximum Gasteiger partial charge on any atom is 0.331 e. The van der Waals surface area contributed by atoms with Crippen LogP contribution in [0.2, 0.25) is 19.6 Å². The van der Waals surface area contributed by atoms with Gasteiger partial charge >= 0.3 is 5.97 Å². The minimum Gasteiger partial charge on any atom is -0.467 e. The number of carbonyl (C=O) groups excluding carboxylic acids is 1. The van der Waals surface area contributed by atoms with Gasteiger partial charge in [0, 0.05) is 0 Å². The van der Waals surface area contributed by atoms with Gasteiger partial charge in [0.15, 0.2) is 8.32 Å². The van der Waals surface area contributed by atoms with Gasteiger partial charge in [0.1, 0.15) is 6.61 Å². The van der Waals surface area contributed by atoms with Crippen molar-refractivity contribution in [1.82, 2.24) is 0 Å². The Balaban J connectivity index is 3.06. The van der Waals surface area contributed by atoms with Crippen molar-refractivity contribution in [3.63, 3.8) is 0 Å². The molecule has 0 aliphatic carbocycles. The Hall–Kier alpha value is -0.713. The Morgan fingerprint density at radius 2 is 0.676 bits per heavy atom. The molecule has 0 spiro atoms. The standard InChI is InChI=1S/C24H50O12Si/c1-26-24(25)23-35-20-19-33-16-15-31-12-11-29-8-7-27-5-6-28-9-10-30-13-14-32-17-18-34-21-22-36-37(2,3)4/h5-23H2,1-4H3. The Morgan fingerprint density at radius 1 is 0.432 bits per heavy atom. The van der Waals surface area contributed by atoms with E-state index in [1.165, 1.54) is 7.11 Å². The zero-order chi connectivity index (χ0) is 27.3. The normalized spacial score (nSPS) is 11.8. The molecule has 0 aromatic rings. The van der Waals surface area contributed by atoms with Gasteiger partial charge in [-0.05, 0) is 19.6 Å². The van der Waals surface area contributed by atoms with Crippen LogP contribution in [0.1, 0.15) is 0 Å². The molecule has 0 fully saturated rings. The van der Waals surface area contributed by atoms with E-state index in [0.717, 1.165) is 0 Å². The molecule has 13 heteroatoms. The second-order valence-electron chi connectivity index (χ2n) is 8.49. The first-order valence-electron chi connectivity index (χ1n) is 12.9. The van der Waals surface area contributed by atoms with E-state index in [1.54, 1.807) is 0 Å². The van der Waals surface area contributed by atoms with Crippen LogP contribution >= 0.6 is 0 Å². The summed E-state index contributed by atoms with van der Waals surface area (Å²) >= 11 is 0. The summed E-state index contributed by atoms with van der Waals surface area (Å²) in [6.07, 6.45) is 0. The van der Waals surface area contributed by atoms with Crippen molar-refractivity contribution in [2.75, 3.05) is 133 Å². The Kier molecular flexibility index (Phi) is 27.8. The summed E-state index contributed by atoms with van der Waals surface area (Å²) in [7, 11) is -0.132. The summed E-state index contributed by atoms with van der Waals surface area (Å²) in [6, 6.07) is 0. The number of carbonyl (C=O) groups is 1. The topological polar surface area (TPSA) is 119 Å². The van der Waals surface area contributed by atoms with Crippen LogP contribution in [0.25, 0.3) is 0 Å². The number of rotatable bonds is 30. The molecule has 0 aromatic heterocycles. The van der Waals surface area contributed by atoms with Gasteiger partial charge in [0.25, 0.3) is 0 Å². The van der Waals surface area contributed by atoms with E-state index in [4.69, 9.17) is 47.1 Å². The lowest BCUT2D eigenvalue weighted by molar-refractivity contribution is -0.146. The van der Waals surface area contributed by atoms with E-state index in [9.17, 15) is 4.79 Å². The molecule has 0 heterocycles. The molecule has 0 atom stereocenters. The van der Waals surface area contributed by atoms with E-state index in [2.05, 4.69) is 24.4 Å². The second kappa shape index (κ2) is 28.3. The van der Waals surface area contributed by atoms with Gasteiger partial charge < -0.3 is 51.8 Å². The summed E-state index contributed by atoms with van der Waals surface area (Å²) in [5.74, 6) is -0.404. The summed E-state index contributed by atoms with van der Waals surface area (Å²) in [5.41, 5.74) is 0. The van der Waals surface area contributed by atoms with E-state index in [0.29, 0.717) is 119 Å². The third-order valence-corrected chi connectivity index (χ3v) is 5.26. The molecule has 0 saturated heterocycles. The average molecular weight is 559 g/mol. The van der Waals surface area contributed by atoms with Crippen LogP contribution in [0.3, 0.4) is 0 Å². The zero-order valence-electron chi connectivity index (χ0n) is 23.3. The summed E-state index contributed by atoms with van der Waals surface area (Å²) in [4.78, 5) is 10.8. The van der Waals surface area contributed by atoms with Crippen LogP contribution in [0.4, 0.5) is 0 Å². The average Bonchev–Trinajstić information content (AvgIpc) is 2.86. The SMILES string of the molecule is COC(=O)COCCOCCOCCOCCOCCOCCOCCOCCOCCO[Si](C)(C)C. The first-order valence-corrected chi connectivity index (χ1v) is 16.3. The third kappa shape index (κ3) is 33.3. The largest absolute Gasteiger partial charge is 0.467 e. The van der Waals surface area contributed by atoms with Crippen LogP contribution < -0.4 is 0 Å². The Bertz CT molecular complexity index is 479. The molecule has 0 N–H and O–H groups in total. The molecular weight excluding hydrogens is 508 g/mol. The summed E-state index contributed by atoms with van der Waals surface area (Å²) in [6.45, 7) is 15.5. The van der Waals surface area contributed by atoms with Gasteiger partial charge in [-0.1, -0.05) is 0 Å². The van der Waals surface area contributed by atoms with Crippen molar-refractivity contribution in [3.05, 3.63) is 0 Å². The first kappa shape index (κ1) is 36.3. The zero-order valence-corrected chi connectivity index (χ0v) is 24.3. The van der Waals surface area contributed by atoms with E-state index < -0.39 is 14.3 Å². The van der Waals surface area contributed by atoms with E-state index in [-0.39, 0.29) is 6.61 Å². The van der Waals surface area contributed by atoms with Crippen LogP contribution in [0.5, 0.6) is 0 Å². The lowest BCUT2D eigenvalue weighted by Crippen LogP contribution is -2.27. The fourth-order valence-electron chi connectivity index (χ4n) is 2.38. The molecule has 0 aliphatic rings. The summed E-state index contributed by atoms with van der Waals surface area (Å²) < 4.78 is 58.6. The predicted octanol–water partition coefficient (Wildman–Crippen LogP) is 1.16. The lowest BCUT2D eigenvalue weighted by atomic mass is 10.6. The molecule has 0 unspecified atom stereocenters. The van der Waals surface area contributed by atoms with Crippen molar-refractivity contribution >= 4 is 14.3 Å². The maximum absolute atomic E-state index is 10.8. The minimum atomic E-state index is -1.45. The van der Waals surface area contributed by atoms with Gasteiger partial charge in [-0.3, -0.25) is 0 Å². The van der Waals surface area contributed by atoms with Gasteiger partial charge in [0.2, 0.25) is 0 Å². The maximum atomic E-state index is 10.8. The number of methoxy groups -OCH3 is 1. The molecule has 0 radical (unpaired) electrons. The molecule has 37 heavy (non-hydrogen) atoms. The highest BCUT2D eigenvalue weighted by Gasteiger charge is 2.13. The van der Waals surface area contributed by atoms with Gasteiger partial charge in [0.05, 0.1) is 126 Å². The van der Waals surface area contributed by atoms with E-state index in [1.807, 2.05) is 0 Å². The lowest BCUT2D eigenvalue weighted by Gasteiger charge is -2.16. The van der Waals surface area contributed by atoms with Gasteiger partial charge in [-0.15, -0.1) is 0 Å². The second-order valence-corrected chi connectivity index (χ2v) is 13.0. The molecule has 12 nitrogen and oxygen atoms in total. The highest BCUT2D eigenvalue weighted by molar-refractivity contribution is 6.69. The van der Waals surface area contributed by atoms with Crippen LogP contribution in [-0.4, -0.2) is 147 Å². The van der Waals surface area contributed by atoms with Crippen LogP contribution in [0.15, 0.2) is 0 Å². The van der Waals surface area contributed by atoms with Crippen molar-refractivity contribution < 1.29 is 56.6 Å². The summed E-state index contributed by atoms with van der Waals surface area (Å²) in [5, 5.41) is 0. The molecule has 222 valence electrons. The van der Waals surface area contributed by atoms with Crippen molar-refractivity contribution in [1.29, 1.82) is 0 Å². The third-order valence-electron chi connectivity index (χ3n) is 4.19. The number of esters is 1. The van der Waals surface area contributed by atoms with Crippen LogP contribution in [-0.2, 0) is 56.6 Å². The molecule has 0 rings (SSSR count). The van der Waals surface area contributed by atoms with Gasteiger partial charge in [-0.2, -0.15) is 0 Å². The van der Waals surface area contributed by atoms with Crippen molar-refractivity contribution in [2.45, 2.75) is 19.6 Å². The van der Waals surface area contributed by atoms with Gasteiger partial charge in [-0.25, -0.2) is 4.79 Å². The Morgan fingerprint density at radius 3 is 0.919 bits per heavy atom. The smallest absolute Gasteiger partial charge is 0.331 e. The molecule has 0 aromatic carbocycles. The monoisotopic (exact) mass is 558 g/mol. The van der Waals surface area contributed by atoms with Crippen molar-refractivity contribution in [2.24, 2.45) is 0 Å².